The number of nitrogens with zero attached hydrogens (tertiary/aromatic N) is 2. The van der Waals surface area contributed by atoms with Crippen molar-refractivity contribution in [3.05, 3.63) is 33.9 Å². The van der Waals surface area contributed by atoms with Crippen LogP contribution in [0.25, 0.3) is 0 Å². The van der Waals surface area contributed by atoms with E-state index in [-0.39, 0.29) is 16.9 Å². The van der Waals surface area contributed by atoms with Crippen molar-refractivity contribution in [2.75, 3.05) is 18.5 Å². The van der Waals surface area contributed by atoms with E-state index in [0.717, 1.165) is 6.42 Å². The highest BCUT2D eigenvalue weighted by Crippen LogP contribution is 2.31. The fraction of sp³-hybridized carbons (Fsp3) is 0.364. The van der Waals surface area contributed by atoms with Gasteiger partial charge in [-0.2, -0.15) is 0 Å². The molecule has 1 N–H and O–H groups in total. The first-order valence-electron chi connectivity index (χ1n) is 5.20. The van der Waals surface area contributed by atoms with E-state index in [0.29, 0.717) is 6.54 Å². The van der Waals surface area contributed by atoms with Crippen molar-refractivity contribution in [2.24, 2.45) is 0 Å². The van der Waals surface area contributed by atoms with Gasteiger partial charge in [0.1, 0.15) is 5.69 Å². The Bertz CT molecular complexity index is 413. The molecule has 0 aliphatic carbocycles. The molecule has 0 aliphatic rings. The van der Waals surface area contributed by atoms with E-state index >= 15 is 0 Å². The molecule has 0 unspecified atom stereocenters. The number of hydrogen-bond acceptors (Lipinski definition) is 4. The van der Waals surface area contributed by atoms with Gasteiger partial charge in [-0.05, 0) is 12.5 Å². The van der Waals surface area contributed by atoms with Crippen LogP contribution in [-0.4, -0.2) is 29.6 Å². The Hall–Kier alpha value is -2.11. The molecule has 6 heteroatoms. The monoisotopic (exact) mass is 238 g/mol. The number of nitro benzene ring substituents is 1. The summed E-state index contributed by atoms with van der Waals surface area (Å²) >= 11 is 0. The lowest BCUT2D eigenvalue weighted by molar-refractivity contribution is -0.384. The summed E-state index contributed by atoms with van der Waals surface area (Å²) in [6, 6.07) is 4.07. The van der Waals surface area contributed by atoms with Gasteiger partial charge in [-0.15, -0.1) is 0 Å². The van der Waals surface area contributed by atoms with Crippen molar-refractivity contribution >= 4 is 17.3 Å². The zero-order valence-corrected chi connectivity index (χ0v) is 9.71. The van der Waals surface area contributed by atoms with Crippen molar-refractivity contribution in [1.29, 1.82) is 0 Å². The first-order chi connectivity index (χ1) is 7.99. The molecule has 0 amide bonds. The lowest BCUT2D eigenvalue weighted by atomic mass is 10.1. The molecule has 0 atom stereocenters. The number of nitro groups is 1. The Labute approximate surface area is 98.6 Å². The molecule has 92 valence electrons. The molecular weight excluding hydrogens is 224 g/mol. The molecule has 0 bridgehead atoms. The molecule has 1 aromatic rings. The van der Waals surface area contributed by atoms with E-state index in [4.69, 9.17) is 5.11 Å². The van der Waals surface area contributed by atoms with Crippen molar-refractivity contribution in [2.45, 2.75) is 13.3 Å². The summed E-state index contributed by atoms with van der Waals surface area (Å²) in [5.74, 6) is -1.16. The Morgan fingerprint density at radius 2 is 2.18 bits per heavy atom. The third-order valence-electron chi connectivity index (χ3n) is 2.38. The predicted octanol–water partition coefficient (Wildman–Crippen LogP) is 2.14. The lowest BCUT2D eigenvalue weighted by Gasteiger charge is -2.19. The summed E-state index contributed by atoms with van der Waals surface area (Å²) in [6.45, 7) is 2.48. The number of rotatable bonds is 5. The van der Waals surface area contributed by atoms with Crippen LogP contribution in [0, 0.1) is 10.1 Å². The topological polar surface area (TPSA) is 83.7 Å². The standard InChI is InChI=1S/C11H14N2O4/c1-3-7-12(2)10-8(11(14)15)5-4-6-9(10)13(16)17/h4-6H,3,7H2,1-2H3,(H,14,15). The van der Waals surface area contributed by atoms with E-state index in [1.807, 2.05) is 6.92 Å². The van der Waals surface area contributed by atoms with Gasteiger partial charge in [0.05, 0.1) is 10.5 Å². The van der Waals surface area contributed by atoms with Crippen molar-refractivity contribution < 1.29 is 14.8 Å². The maximum Gasteiger partial charge on any atom is 0.338 e. The smallest absolute Gasteiger partial charge is 0.338 e. The largest absolute Gasteiger partial charge is 0.478 e. The number of carboxylic acids is 1. The quantitative estimate of drug-likeness (QED) is 0.627. The molecule has 0 fully saturated rings. The third-order valence-corrected chi connectivity index (χ3v) is 2.38. The molecule has 0 heterocycles. The van der Waals surface area contributed by atoms with Crippen LogP contribution in [-0.2, 0) is 0 Å². The lowest BCUT2D eigenvalue weighted by Crippen LogP contribution is -2.22. The second kappa shape index (κ2) is 5.29. The molecule has 0 aliphatic heterocycles. The van der Waals surface area contributed by atoms with Crippen molar-refractivity contribution in [3.63, 3.8) is 0 Å². The second-order valence-electron chi connectivity index (χ2n) is 3.66. The summed E-state index contributed by atoms with van der Waals surface area (Å²) in [4.78, 5) is 23.0. The Morgan fingerprint density at radius 3 is 2.65 bits per heavy atom. The van der Waals surface area contributed by atoms with E-state index in [1.165, 1.54) is 18.2 Å². The van der Waals surface area contributed by atoms with Crippen LogP contribution >= 0.6 is 0 Å². The van der Waals surface area contributed by atoms with Gasteiger partial charge >= 0.3 is 5.97 Å². The van der Waals surface area contributed by atoms with Gasteiger partial charge in [-0.1, -0.05) is 13.0 Å². The Kier molecular flexibility index (Phi) is 4.03. The van der Waals surface area contributed by atoms with Gasteiger partial charge in [0.25, 0.3) is 5.69 Å². The number of carbonyl (C=O) groups is 1. The molecule has 1 rings (SSSR count). The molecule has 0 saturated heterocycles. The molecule has 1 aromatic carbocycles. The SMILES string of the molecule is CCCN(C)c1c(C(=O)O)cccc1[N+](=O)[O-]. The fourth-order valence-corrected chi connectivity index (χ4v) is 1.70. The highest BCUT2D eigenvalue weighted by atomic mass is 16.6. The molecule has 0 radical (unpaired) electrons. The second-order valence-corrected chi connectivity index (χ2v) is 3.66. The highest BCUT2D eigenvalue weighted by Gasteiger charge is 2.23. The van der Waals surface area contributed by atoms with Gasteiger partial charge in [-0.25, -0.2) is 4.79 Å². The Balaban J connectivity index is 3.38. The molecule has 6 nitrogen and oxygen atoms in total. The van der Waals surface area contributed by atoms with Crippen molar-refractivity contribution in [3.8, 4) is 0 Å². The average Bonchev–Trinajstić information content (AvgIpc) is 2.28. The summed E-state index contributed by atoms with van der Waals surface area (Å²) in [5.41, 5.74) is -0.0668. The summed E-state index contributed by atoms with van der Waals surface area (Å²) in [7, 11) is 1.65. The number of benzene rings is 1. The fourth-order valence-electron chi connectivity index (χ4n) is 1.70. The van der Waals surface area contributed by atoms with Crippen LogP contribution < -0.4 is 4.90 Å². The molecular formula is C11H14N2O4. The summed E-state index contributed by atoms with van der Waals surface area (Å²) in [5, 5.41) is 19.9. The highest BCUT2D eigenvalue weighted by molar-refractivity contribution is 5.97. The van der Waals surface area contributed by atoms with Crippen LogP contribution in [0.4, 0.5) is 11.4 Å². The Morgan fingerprint density at radius 1 is 1.53 bits per heavy atom. The first-order valence-corrected chi connectivity index (χ1v) is 5.20. The molecule has 17 heavy (non-hydrogen) atoms. The normalized spacial score (nSPS) is 10.0. The molecule has 0 spiro atoms. The minimum atomic E-state index is -1.16. The minimum absolute atomic E-state index is 0.0462. The van der Waals surface area contributed by atoms with Gasteiger partial charge < -0.3 is 10.0 Å². The van der Waals surface area contributed by atoms with E-state index in [1.54, 1.807) is 11.9 Å². The average molecular weight is 238 g/mol. The number of para-hydroxylation sites is 1. The molecule has 0 saturated carbocycles. The number of hydrogen-bond donors (Lipinski definition) is 1. The third kappa shape index (κ3) is 2.72. The first kappa shape index (κ1) is 13.0. The zero-order valence-electron chi connectivity index (χ0n) is 9.71. The maximum absolute atomic E-state index is 11.1. The van der Waals surface area contributed by atoms with Gasteiger partial charge in [0.2, 0.25) is 0 Å². The van der Waals surface area contributed by atoms with E-state index in [9.17, 15) is 14.9 Å². The number of anilines is 1. The number of aromatic carboxylic acids is 1. The predicted molar refractivity (Wildman–Crippen MR) is 63.6 cm³/mol. The van der Waals surface area contributed by atoms with Crippen LogP contribution in [0.3, 0.4) is 0 Å². The van der Waals surface area contributed by atoms with Crippen LogP contribution in [0.15, 0.2) is 18.2 Å². The molecule has 0 aromatic heterocycles. The van der Waals surface area contributed by atoms with Gasteiger partial charge in [-0.3, -0.25) is 10.1 Å². The van der Waals surface area contributed by atoms with Gasteiger partial charge in [0.15, 0.2) is 0 Å². The van der Waals surface area contributed by atoms with Gasteiger partial charge in [0, 0.05) is 19.7 Å². The van der Waals surface area contributed by atoms with E-state index < -0.39 is 10.9 Å². The van der Waals surface area contributed by atoms with Crippen LogP contribution in [0.2, 0.25) is 0 Å². The van der Waals surface area contributed by atoms with Crippen LogP contribution in [0.5, 0.6) is 0 Å². The zero-order chi connectivity index (χ0) is 13.0. The summed E-state index contributed by atoms with van der Waals surface area (Å²) < 4.78 is 0. The summed E-state index contributed by atoms with van der Waals surface area (Å²) in [6.07, 6.45) is 0.779. The van der Waals surface area contributed by atoms with Crippen LogP contribution in [0.1, 0.15) is 23.7 Å². The maximum atomic E-state index is 11.1. The van der Waals surface area contributed by atoms with Crippen molar-refractivity contribution in [1.82, 2.24) is 0 Å². The number of carboxylic acid groups (broad SMARTS) is 1. The minimum Gasteiger partial charge on any atom is -0.478 e. The van der Waals surface area contributed by atoms with E-state index in [2.05, 4.69) is 0 Å².